The molecule has 0 radical (unpaired) electrons. The summed E-state index contributed by atoms with van der Waals surface area (Å²) >= 11 is 0. The van der Waals surface area contributed by atoms with E-state index in [0.717, 1.165) is 38.7 Å². The van der Waals surface area contributed by atoms with Gasteiger partial charge in [-0.1, -0.05) is 72.8 Å². The van der Waals surface area contributed by atoms with Gasteiger partial charge in [-0.25, -0.2) is 10.2 Å². The van der Waals surface area contributed by atoms with Crippen LogP contribution in [-0.2, 0) is 0 Å². The van der Waals surface area contributed by atoms with Gasteiger partial charge in [0.2, 0.25) is 0 Å². The molecule has 5 rings (SSSR count). The first-order chi connectivity index (χ1) is 15.2. The molecule has 0 saturated heterocycles. The summed E-state index contributed by atoms with van der Waals surface area (Å²) in [6, 6.07) is 31.7. The predicted octanol–water partition coefficient (Wildman–Crippen LogP) is 5.63. The number of fused-ring (bicyclic) bond motifs is 3. The monoisotopic (exact) mass is 404 g/mol. The molecule has 5 aromatic rings. The molecule has 0 saturated carbocycles. The summed E-state index contributed by atoms with van der Waals surface area (Å²) < 4.78 is 0. The molecule has 1 heterocycles. The van der Waals surface area contributed by atoms with Crippen LogP contribution in [0.4, 0.5) is 5.69 Å². The van der Waals surface area contributed by atoms with E-state index in [4.69, 9.17) is 10.2 Å². The second-order valence-corrected chi connectivity index (χ2v) is 7.40. The average Bonchev–Trinajstić information content (AvgIpc) is 2.83. The Morgan fingerprint density at radius 3 is 2.29 bits per heavy atom. The van der Waals surface area contributed by atoms with Gasteiger partial charge in [-0.15, -0.1) is 0 Å². The highest BCUT2D eigenvalue weighted by Gasteiger charge is 2.09. The van der Waals surface area contributed by atoms with Crippen molar-refractivity contribution < 1.29 is 10.4 Å². The van der Waals surface area contributed by atoms with Gasteiger partial charge in [0.15, 0.2) is 5.69 Å². The van der Waals surface area contributed by atoms with E-state index in [1.807, 2.05) is 48.5 Å². The zero-order valence-corrected chi connectivity index (χ0v) is 16.7. The fourth-order valence-corrected chi connectivity index (χ4v) is 3.85. The zero-order valence-electron chi connectivity index (χ0n) is 16.7. The van der Waals surface area contributed by atoms with Crippen molar-refractivity contribution in [1.29, 1.82) is 0 Å². The van der Waals surface area contributed by atoms with Crippen molar-refractivity contribution in [3.63, 3.8) is 0 Å². The summed E-state index contributed by atoms with van der Waals surface area (Å²) in [6.45, 7) is 0. The van der Waals surface area contributed by atoms with E-state index >= 15 is 0 Å². The molecule has 0 aliphatic carbocycles. The van der Waals surface area contributed by atoms with Crippen LogP contribution in [0.3, 0.4) is 0 Å². The van der Waals surface area contributed by atoms with E-state index in [1.165, 1.54) is 5.39 Å². The van der Waals surface area contributed by atoms with Gasteiger partial charge in [-0.2, -0.15) is 5.23 Å². The first-order valence-electron chi connectivity index (χ1n) is 10.1. The normalized spacial score (nSPS) is 12.6. The summed E-state index contributed by atoms with van der Waals surface area (Å²) in [5, 5.41) is 22.7. The molecule has 4 heteroatoms. The van der Waals surface area contributed by atoms with E-state index < -0.39 is 5.23 Å². The number of aromatic nitrogens is 1. The van der Waals surface area contributed by atoms with Crippen LogP contribution in [0.5, 0.6) is 0 Å². The lowest BCUT2D eigenvalue weighted by Gasteiger charge is -2.11. The Labute approximate surface area is 179 Å². The number of pyridine rings is 1. The zero-order chi connectivity index (χ0) is 21.2. The second kappa shape index (κ2) is 8.13. The minimum Gasteiger partial charge on any atom is -0.595 e. The first-order valence-corrected chi connectivity index (χ1v) is 10.1. The lowest BCUT2D eigenvalue weighted by Crippen LogP contribution is -2.99. The molecule has 0 spiro atoms. The van der Waals surface area contributed by atoms with Gasteiger partial charge in [0.1, 0.15) is 0 Å². The first kappa shape index (κ1) is 19.2. The molecule has 150 valence electrons. The Kier molecular flexibility index (Phi) is 5.02. The van der Waals surface area contributed by atoms with Crippen molar-refractivity contribution in [2.75, 3.05) is 0 Å². The molecule has 0 bridgehead atoms. The van der Waals surface area contributed by atoms with Crippen LogP contribution in [0.15, 0.2) is 97.1 Å². The van der Waals surface area contributed by atoms with Crippen LogP contribution in [0.25, 0.3) is 45.1 Å². The highest BCUT2D eigenvalue weighted by molar-refractivity contribution is 6.11. The number of nitrogens with zero attached hydrogens (tertiary/aromatic N) is 1. The van der Waals surface area contributed by atoms with E-state index in [9.17, 15) is 5.21 Å². The molecule has 0 aliphatic heterocycles. The molecular weight excluding hydrogens is 384 g/mol. The van der Waals surface area contributed by atoms with Crippen LogP contribution < -0.4 is 5.23 Å². The van der Waals surface area contributed by atoms with Crippen LogP contribution in [0, 0.1) is 5.21 Å². The summed E-state index contributed by atoms with van der Waals surface area (Å²) in [4.78, 5) is 4.94. The third-order valence-electron chi connectivity index (χ3n) is 5.41. The van der Waals surface area contributed by atoms with Crippen molar-refractivity contribution in [3.05, 3.63) is 113 Å². The number of nitrogens with one attached hydrogen (secondary N) is 1. The van der Waals surface area contributed by atoms with Crippen molar-refractivity contribution in [3.8, 4) is 11.3 Å². The summed E-state index contributed by atoms with van der Waals surface area (Å²) in [6.07, 6.45) is 4.09. The highest BCUT2D eigenvalue weighted by Crippen LogP contribution is 2.31. The molecule has 4 aromatic carbocycles. The maximum atomic E-state index is 11.1. The van der Waals surface area contributed by atoms with Gasteiger partial charge < -0.3 is 5.21 Å². The average molecular weight is 404 g/mol. The van der Waals surface area contributed by atoms with Gasteiger partial charge in [0.05, 0.1) is 11.2 Å². The molecule has 2 N–H and O–H groups in total. The molecule has 1 aromatic heterocycles. The van der Waals surface area contributed by atoms with E-state index in [1.54, 1.807) is 12.1 Å². The van der Waals surface area contributed by atoms with E-state index in [-0.39, 0.29) is 5.69 Å². The van der Waals surface area contributed by atoms with Gasteiger partial charge in [-0.3, -0.25) is 0 Å². The summed E-state index contributed by atoms with van der Waals surface area (Å²) in [5.41, 5.74) is 5.23. The Bertz CT molecular complexity index is 1390. The van der Waals surface area contributed by atoms with Gasteiger partial charge in [0.25, 0.3) is 0 Å². The van der Waals surface area contributed by atoms with Crippen molar-refractivity contribution >= 4 is 39.5 Å². The minimum atomic E-state index is -0.922. The van der Waals surface area contributed by atoms with Crippen LogP contribution in [0.2, 0.25) is 0 Å². The third-order valence-corrected chi connectivity index (χ3v) is 5.41. The molecular formula is C27H20N2O2. The van der Waals surface area contributed by atoms with Gasteiger partial charge in [-0.05, 0) is 46.2 Å². The quantitative estimate of drug-likeness (QED) is 0.301. The Hall–Kier alpha value is -3.83. The van der Waals surface area contributed by atoms with E-state index in [2.05, 4.69) is 48.5 Å². The summed E-state index contributed by atoms with van der Waals surface area (Å²) in [5.74, 6) is 0. The molecule has 0 aliphatic rings. The molecule has 4 nitrogen and oxygen atoms in total. The minimum absolute atomic E-state index is 0.281. The predicted molar refractivity (Wildman–Crippen MR) is 126 cm³/mol. The third kappa shape index (κ3) is 3.83. The van der Waals surface area contributed by atoms with Crippen LogP contribution >= 0.6 is 0 Å². The number of benzene rings is 4. The van der Waals surface area contributed by atoms with Crippen LogP contribution in [0.1, 0.15) is 11.1 Å². The second-order valence-electron chi connectivity index (χ2n) is 7.40. The summed E-state index contributed by atoms with van der Waals surface area (Å²) in [7, 11) is 0. The fraction of sp³-hybridized carbons (Fsp3) is 0. The standard InChI is InChI=1S/C27H20N2O2/c30-29(31)23-15-11-19(12-16-23)10-13-22-18-26(21-7-2-1-3-8-21)28-25-17-14-20-6-4-5-9-24(20)27(22)25/h1-18,29-30H/b13-10+. The Morgan fingerprint density at radius 2 is 1.52 bits per heavy atom. The van der Waals surface area contributed by atoms with Crippen molar-refractivity contribution in [1.82, 2.24) is 4.98 Å². The van der Waals surface area contributed by atoms with Crippen molar-refractivity contribution in [2.45, 2.75) is 0 Å². The maximum absolute atomic E-state index is 11.1. The fourth-order valence-electron chi connectivity index (χ4n) is 3.85. The molecule has 1 unspecified atom stereocenters. The largest absolute Gasteiger partial charge is 0.595 e. The van der Waals surface area contributed by atoms with E-state index in [0.29, 0.717) is 0 Å². The topological polar surface area (TPSA) is 60.6 Å². The lowest BCUT2D eigenvalue weighted by atomic mass is 9.98. The Morgan fingerprint density at radius 1 is 0.774 bits per heavy atom. The number of quaternary nitrogens is 1. The van der Waals surface area contributed by atoms with Crippen molar-refractivity contribution in [2.24, 2.45) is 0 Å². The lowest BCUT2D eigenvalue weighted by molar-refractivity contribution is -0.991. The Balaban J connectivity index is 1.69. The highest BCUT2D eigenvalue weighted by atomic mass is 16.8. The molecule has 0 amide bonds. The molecule has 0 fully saturated rings. The van der Waals surface area contributed by atoms with Gasteiger partial charge in [0, 0.05) is 23.1 Å². The number of hydrogen-bond donors (Lipinski definition) is 2. The number of hydrogen-bond acceptors (Lipinski definition) is 3. The van der Waals surface area contributed by atoms with Gasteiger partial charge >= 0.3 is 0 Å². The SMILES string of the molecule is [O-][NH+](O)c1ccc(/C=C/c2cc(-c3ccccc3)nc3ccc4ccccc4c23)cc1. The molecule has 31 heavy (non-hydrogen) atoms. The number of rotatable bonds is 4. The molecule has 1 atom stereocenters. The maximum Gasteiger partial charge on any atom is 0.163 e. The smallest absolute Gasteiger partial charge is 0.163 e. The van der Waals surface area contributed by atoms with Crippen LogP contribution in [-0.4, -0.2) is 10.2 Å².